The van der Waals surface area contributed by atoms with Gasteiger partial charge in [0.05, 0.1) is 17.6 Å². The molecule has 0 aliphatic carbocycles. The summed E-state index contributed by atoms with van der Waals surface area (Å²) < 4.78 is 4.88. The van der Waals surface area contributed by atoms with Gasteiger partial charge in [-0.25, -0.2) is 4.79 Å². The van der Waals surface area contributed by atoms with Crippen LogP contribution in [0.25, 0.3) is 6.08 Å². The number of hydrazine groups is 1. The summed E-state index contributed by atoms with van der Waals surface area (Å²) in [4.78, 5) is 34.9. The SMILES string of the molecule is COC(=O)c1ccc(/C=C2\SC(=S)N(NC(C)=O)C2=O)cc1. The monoisotopic (exact) mass is 336 g/mol. The summed E-state index contributed by atoms with van der Waals surface area (Å²) in [6.45, 7) is 1.30. The molecule has 1 heterocycles. The maximum absolute atomic E-state index is 12.1. The fourth-order valence-electron chi connectivity index (χ4n) is 1.71. The average Bonchev–Trinajstić information content (AvgIpc) is 2.74. The van der Waals surface area contributed by atoms with E-state index >= 15 is 0 Å². The van der Waals surface area contributed by atoms with Gasteiger partial charge in [0.25, 0.3) is 5.91 Å². The van der Waals surface area contributed by atoms with Crippen LogP contribution in [0.5, 0.6) is 0 Å². The Morgan fingerprint density at radius 2 is 1.95 bits per heavy atom. The molecule has 1 fully saturated rings. The van der Waals surface area contributed by atoms with Crippen LogP contribution in [0.3, 0.4) is 0 Å². The molecule has 1 aliphatic heterocycles. The Kier molecular flexibility index (Phi) is 4.94. The Morgan fingerprint density at radius 1 is 1.32 bits per heavy atom. The minimum absolute atomic E-state index is 0.262. The first-order chi connectivity index (χ1) is 10.4. The number of thioether (sulfide) groups is 1. The molecule has 1 aliphatic rings. The second-order valence-corrected chi connectivity index (χ2v) is 5.97. The summed E-state index contributed by atoms with van der Waals surface area (Å²) in [5, 5.41) is 1.04. The first kappa shape index (κ1) is 16.2. The van der Waals surface area contributed by atoms with E-state index in [1.807, 2.05) is 0 Å². The van der Waals surface area contributed by atoms with Crippen LogP contribution < -0.4 is 5.43 Å². The summed E-state index contributed by atoms with van der Waals surface area (Å²) >= 11 is 6.15. The molecular formula is C14H12N2O4S2. The summed E-state index contributed by atoms with van der Waals surface area (Å²) in [6, 6.07) is 6.59. The number of methoxy groups -OCH3 is 1. The highest BCUT2D eigenvalue weighted by Crippen LogP contribution is 2.31. The minimum Gasteiger partial charge on any atom is -0.465 e. The van der Waals surface area contributed by atoms with Crippen LogP contribution in [0.1, 0.15) is 22.8 Å². The zero-order valence-electron chi connectivity index (χ0n) is 11.8. The van der Waals surface area contributed by atoms with Crippen LogP contribution in [0, 0.1) is 0 Å². The smallest absolute Gasteiger partial charge is 0.337 e. The van der Waals surface area contributed by atoms with Gasteiger partial charge >= 0.3 is 5.97 Å². The van der Waals surface area contributed by atoms with Crippen LogP contribution in [0.15, 0.2) is 29.2 Å². The number of hydrogen-bond donors (Lipinski definition) is 1. The molecule has 114 valence electrons. The summed E-state index contributed by atoms with van der Waals surface area (Å²) in [5.41, 5.74) is 3.52. The average molecular weight is 336 g/mol. The van der Waals surface area contributed by atoms with E-state index in [1.165, 1.54) is 14.0 Å². The second kappa shape index (κ2) is 6.71. The predicted octanol–water partition coefficient (Wildman–Crippen LogP) is 1.73. The molecule has 22 heavy (non-hydrogen) atoms. The van der Waals surface area contributed by atoms with E-state index in [1.54, 1.807) is 30.3 Å². The zero-order valence-corrected chi connectivity index (χ0v) is 13.4. The Hall–Kier alpha value is -2.19. The number of ether oxygens (including phenoxy) is 1. The molecule has 0 atom stereocenters. The molecule has 1 aromatic carbocycles. The van der Waals surface area contributed by atoms with E-state index in [2.05, 4.69) is 10.2 Å². The molecule has 0 bridgehead atoms. The van der Waals surface area contributed by atoms with E-state index in [9.17, 15) is 14.4 Å². The molecule has 2 rings (SSSR count). The number of hydrogen-bond acceptors (Lipinski definition) is 6. The lowest BCUT2D eigenvalue weighted by molar-refractivity contribution is -0.131. The molecule has 1 saturated heterocycles. The van der Waals surface area contributed by atoms with E-state index in [4.69, 9.17) is 12.2 Å². The van der Waals surface area contributed by atoms with Crippen molar-refractivity contribution in [1.29, 1.82) is 0 Å². The minimum atomic E-state index is -0.427. The van der Waals surface area contributed by atoms with Crippen molar-refractivity contribution >= 4 is 52.2 Å². The van der Waals surface area contributed by atoms with E-state index in [0.29, 0.717) is 10.5 Å². The van der Waals surface area contributed by atoms with Crippen molar-refractivity contribution in [2.45, 2.75) is 6.92 Å². The van der Waals surface area contributed by atoms with Crippen LogP contribution in [-0.2, 0) is 14.3 Å². The third-order valence-electron chi connectivity index (χ3n) is 2.69. The summed E-state index contributed by atoms with van der Waals surface area (Å²) in [6.07, 6.45) is 1.64. The standard InChI is InChI=1S/C14H12N2O4S2/c1-8(17)15-16-12(18)11(22-14(16)21)7-9-3-5-10(6-4-9)13(19)20-2/h3-7H,1-2H3,(H,15,17)/b11-7-. The number of carbonyl (C=O) groups excluding carboxylic acids is 3. The molecule has 0 saturated carbocycles. The van der Waals surface area contributed by atoms with Crippen molar-refractivity contribution in [3.63, 3.8) is 0 Å². The van der Waals surface area contributed by atoms with Crippen LogP contribution in [-0.4, -0.2) is 34.2 Å². The Labute approximate surface area is 136 Å². The maximum atomic E-state index is 12.1. The van der Waals surface area contributed by atoms with Gasteiger partial charge < -0.3 is 4.74 Å². The molecule has 6 nitrogen and oxygen atoms in total. The summed E-state index contributed by atoms with van der Waals surface area (Å²) in [7, 11) is 1.31. The summed E-state index contributed by atoms with van der Waals surface area (Å²) in [5.74, 6) is -1.19. The molecular weight excluding hydrogens is 324 g/mol. The number of nitrogens with one attached hydrogen (secondary N) is 1. The van der Waals surface area contributed by atoms with Crippen molar-refractivity contribution in [3.8, 4) is 0 Å². The molecule has 0 radical (unpaired) electrons. The van der Waals surface area contributed by atoms with E-state index < -0.39 is 5.97 Å². The molecule has 1 aromatic rings. The van der Waals surface area contributed by atoms with Gasteiger partial charge in [-0.3, -0.25) is 15.0 Å². The molecule has 1 N–H and O–H groups in total. The highest BCUT2D eigenvalue weighted by atomic mass is 32.2. The van der Waals surface area contributed by atoms with Gasteiger partial charge in [0.15, 0.2) is 4.32 Å². The van der Waals surface area contributed by atoms with Gasteiger partial charge in [-0.15, -0.1) is 0 Å². The van der Waals surface area contributed by atoms with Crippen LogP contribution >= 0.6 is 24.0 Å². The van der Waals surface area contributed by atoms with Crippen molar-refractivity contribution in [3.05, 3.63) is 40.3 Å². The number of benzene rings is 1. The van der Waals surface area contributed by atoms with Crippen LogP contribution in [0.4, 0.5) is 0 Å². The van der Waals surface area contributed by atoms with Crippen molar-refractivity contribution in [2.24, 2.45) is 0 Å². The number of amides is 2. The first-order valence-corrected chi connectivity index (χ1v) is 7.38. The topological polar surface area (TPSA) is 75.7 Å². The fourth-order valence-corrected chi connectivity index (χ4v) is 2.89. The van der Waals surface area contributed by atoms with Gasteiger partial charge in [0.2, 0.25) is 5.91 Å². The molecule has 0 unspecified atom stereocenters. The van der Waals surface area contributed by atoms with Crippen molar-refractivity contribution in [2.75, 3.05) is 7.11 Å². The number of rotatable bonds is 3. The molecule has 0 aromatic heterocycles. The Balaban J connectivity index is 2.19. The molecule has 8 heteroatoms. The van der Waals surface area contributed by atoms with Gasteiger partial charge in [-0.05, 0) is 36.0 Å². The van der Waals surface area contributed by atoms with Crippen molar-refractivity contribution in [1.82, 2.24) is 10.4 Å². The second-order valence-electron chi connectivity index (χ2n) is 4.30. The highest BCUT2D eigenvalue weighted by Gasteiger charge is 2.32. The van der Waals surface area contributed by atoms with Gasteiger partial charge in [0.1, 0.15) is 0 Å². The largest absolute Gasteiger partial charge is 0.465 e. The molecule has 0 spiro atoms. The predicted molar refractivity (Wildman–Crippen MR) is 86.6 cm³/mol. The third-order valence-corrected chi connectivity index (χ3v) is 3.99. The van der Waals surface area contributed by atoms with Gasteiger partial charge in [-0.2, -0.15) is 5.01 Å². The van der Waals surface area contributed by atoms with E-state index in [0.717, 1.165) is 22.3 Å². The lowest BCUT2D eigenvalue weighted by atomic mass is 10.1. The number of esters is 1. The number of carbonyl (C=O) groups is 3. The Morgan fingerprint density at radius 3 is 2.50 bits per heavy atom. The fraction of sp³-hybridized carbons (Fsp3) is 0.143. The zero-order chi connectivity index (χ0) is 16.3. The lowest BCUT2D eigenvalue weighted by Gasteiger charge is -2.13. The maximum Gasteiger partial charge on any atom is 0.337 e. The van der Waals surface area contributed by atoms with Gasteiger partial charge in [-0.1, -0.05) is 23.9 Å². The van der Waals surface area contributed by atoms with Crippen molar-refractivity contribution < 1.29 is 19.1 Å². The normalized spacial score (nSPS) is 16.1. The van der Waals surface area contributed by atoms with E-state index in [-0.39, 0.29) is 16.1 Å². The number of thiocarbonyl (C=S) groups is 1. The quantitative estimate of drug-likeness (QED) is 0.515. The van der Waals surface area contributed by atoms with Gasteiger partial charge in [0, 0.05) is 6.92 Å². The third kappa shape index (κ3) is 3.52. The first-order valence-electron chi connectivity index (χ1n) is 6.16. The Bertz CT molecular complexity index is 683. The van der Waals surface area contributed by atoms with Crippen LogP contribution in [0.2, 0.25) is 0 Å². The lowest BCUT2D eigenvalue weighted by Crippen LogP contribution is -2.43. The highest BCUT2D eigenvalue weighted by molar-refractivity contribution is 8.26. The number of nitrogens with zero attached hydrogens (tertiary/aromatic N) is 1. The molecule has 2 amide bonds.